The zero-order valence-electron chi connectivity index (χ0n) is 14.1. The monoisotopic (exact) mass is 374 g/mol. The number of esters is 1. The van der Waals surface area contributed by atoms with Crippen molar-refractivity contribution in [3.8, 4) is 0 Å². The molecule has 0 saturated carbocycles. The van der Waals surface area contributed by atoms with E-state index in [1.54, 1.807) is 24.3 Å². The molecule has 0 radical (unpaired) electrons. The number of nitrogens with zero attached hydrogens (tertiary/aromatic N) is 2. The minimum absolute atomic E-state index is 0.0900. The Hall–Kier alpha value is -2.60. The van der Waals surface area contributed by atoms with Gasteiger partial charge in [-0.3, -0.25) is 14.9 Å². The summed E-state index contributed by atoms with van der Waals surface area (Å²) >= 11 is 6.07. The molecule has 26 heavy (non-hydrogen) atoms. The van der Waals surface area contributed by atoms with Crippen molar-refractivity contribution in [2.75, 3.05) is 18.0 Å². The largest absolute Gasteiger partial charge is 0.461 e. The van der Waals surface area contributed by atoms with Gasteiger partial charge >= 0.3 is 5.97 Å². The summed E-state index contributed by atoms with van der Waals surface area (Å²) in [6.45, 7) is 1.32. The molecular weight excluding hydrogens is 356 g/mol. The van der Waals surface area contributed by atoms with Crippen LogP contribution in [0.3, 0.4) is 0 Å². The highest BCUT2D eigenvalue weighted by molar-refractivity contribution is 6.31. The van der Waals surface area contributed by atoms with E-state index in [4.69, 9.17) is 16.3 Å². The zero-order chi connectivity index (χ0) is 18.5. The first kappa shape index (κ1) is 18.2. The number of rotatable bonds is 5. The van der Waals surface area contributed by atoms with Crippen LogP contribution < -0.4 is 4.90 Å². The van der Waals surface area contributed by atoms with Crippen molar-refractivity contribution in [3.05, 3.63) is 69.2 Å². The Bertz CT molecular complexity index is 804. The molecule has 1 fully saturated rings. The molecule has 0 amide bonds. The summed E-state index contributed by atoms with van der Waals surface area (Å²) in [5, 5.41) is 11.8. The average Bonchev–Trinajstić information content (AvgIpc) is 2.67. The number of ether oxygens (including phenoxy) is 1. The van der Waals surface area contributed by atoms with E-state index in [9.17, 15) is 14.9 Å². The molecule has 0 spiro atoms. The Kier molecular flexibility index (Phi) is 5.73. The van der Waals surface area contributed by atoms with Gasteiger partial charge in [0.15, 0.2) is 0 Å². The van der Waals surface area contributed by atoms with Crippen LogP contribution in [0.2, 0.25) is 5.02 Å². The molecule has 1 aliphatic rings. The van der Waals surface area contributed by atoms with Crippen molar-refractivity contribution >= 4 is 28.9 Å². The number of para-hydroxylation sites is 2. The van der Waals surface area contributed by atoms with Gasteiger partial charge in [-0.2, -0.15) is 0 Å². The highest BCUT2D eigenvalue weighted by Crippen LogP contribution is 2.31. The zero-order valence-corrected chi connectivity index (χ0v) is 14.9. The lowest BCUT2D eigenvalue weighted by atomic mass is 9.96. The smallest absolute Gasteiger partial charge is 0.309 e. The van der Waals surface area contributed by atoms with Crippen LogP contribution >= 0.6 is 11.6 Å². The maximum atomic E-state index is 12.3. The summed E-state index contributed by atoms with van der Waals surface area (Å²) in [4.78, 5) is 25.1. The molecule has 0 bridgehead atoms. The molecule has 2 aromatic carbocycles. The maximum Gasteiger partial charge on any atom is 0.309 e. The molecule has 0 N–H and O–H groups in total. The van der Waals surface area contributed by atoms with Crippen LogP contribution in [-0.2, 0) is 16.1 Å². The van der Waals surface area contributed by atoms with Gasteiger partial charge in [-0.15, -0.1) is 0 Å². The maximum absolute atomic E-state index is 12.3. The first-order chi connectivity index (χ1) is 12.6. The summed E-state index contributed by atoms with van der Waals surface area (Å²) in [5.74, 6) is -0.441. The van der Waals surface area contributed by atoms with Crippen molar-refractivity contribution in [3.63, 3.8) is 0 Å². The second-order valence-electron chi connectivity index (χ2n) is 6.21. The number of carbonyl (C=O) groups excluding carboxylic acids is 1. The van der Waals surface area contributed by atoms with Crippen LogP contribution in [0.1, 0.15) is 18.4 Å². The second kappa shape index (κ2) is 8.19. The predicted octanol–water partition coefficient (Wildman–Crippen LogP) is 4.21. The van der Waals surface area contributed by atoms with Gasteiger partial charge in [0, 0.05) is 29.7 Å². The van der Waals surface area contributed by atoms with E-state index in [-0.39, 0.29) is 29.1 Å². The first-order valence-corrected chi connectivity index (χ1v) is 8.82. The molecule has 1 aliphatic heterocycles. The summed E-state index contributed by atoms with van der Waals surface area (Å²) < 4.78 is 5.40. The van der Waals surface area contributed by atoms with Crippen molar-refractivity contribution < 1.29 is 14.5 Å². The standard InChI is InChI=1S/C19H19ClN2O4/c20-16-6-2-1-5-15(16)13-26-19(23)14-9-11-21(12-10-14)17-7-3-4-8-18(17)22(24)25/h1-8,14H,9-13H2. The molecular formula is C19H19ClN2O4. The number of nitro groups is 1. The summed E-state index contributed by atoms with van der Waals surface area (Å²) in [6.07, 6.45) is 1.21. The number of nitro benzene ring substituents is 1. The van der Waals surface area contributed by atoms with Crippen LogP contribution in [0.15, 0.2) is 48.5 Å². The minimum atomic E-state index is -0.376. The third kappa shape index (κ3) is 4.14. The summed E-state index contributed by atoms with van der Waals surface area (Å²) in [7, 11) is 0. The van der Waals surface area contributed by atoms with Crippen molar-refractivity contribution in [2.24, 2.45) is 5.92 Å². The van der Waals surface area contributed by atoms with Gasteiger partial charge in [-0.25, -0.2) is 0 Å². The lowest BCUT2D eigenvalue weighted by Gasteiger charge is -2.32. The van der Waals surface area contributed by atoms with E-state index in [2.05, 4.69) is 0 Å². The predicted molar refractivity (Wildman–Crippen MR) is 99.3 cm³/mol. The molecule has 2 aromatic rings. The number of halogens is 1. The molecule has 0 aliphatic carbocycles. The molecule has 0 aromatic heterocycles. The van der Waals surface area contributed by atoms with E-state index in [1.807, 2.05) is 23.1 Å². The molecule has 136 valence electrons. The first-order valence-electron chi connectivity index (χ1n) is 8.44. The van der Waals surface area contributed by atoms with E-state index in [0.29, 0.717) is 36.6 Å². The van der Waals surface area contributed by atoms with Gasteiger partial charge in [0.1, 0.15) is 12.3 Å². The summed E-state index contributed by atoms with van der Waals surface area (Å²) in [6, 6.07) is 13.9. The van der Waals surface area contributed by atoms with Crippen molar-refractivity contribution in [1.29, 1.82) is 0 Å². The quantitative estimate of drug-likeness (QED) is 0.445. The summed E-state index contributed by atoms with van der Waals surface area (Å²) in [5.41, 5.74) is 1.47. The lowest BCUT2D eigenvalue weighted by molar-refractivity contribution is -0.384. The Labute approximate surface area is 156 Å². The Morgan fingerprint density at radius 3 is 2.50 bits per heavy atom. The highest BCUT2D eigenvalue weighted by atomic mass is 35.5. The second-order valence-corrected chi connectivity index (χ2v) is 6.61. The van der Waals surface area contributed by atoms with Crippen LogP contribution in [0.25, 0.3) is 0 Å². The SMILES string of the molecule is O=C(OCc1ccccc1Cl)C1CCN(c2ccccc2[N+](=O)[O-])CC1. The highest BCUT2D eigenvalue weighted by Gasteiger charge is 2.29. The van der Waals surface area contributed by atoms with E-state index in [1.165, 1.54) is 6.07 Å². The molecule has 6 nitrogen and oxygen atoms in total. The Morgan fingerprint density at radius 2 is 1.81 bits per heavy atom. The Morgan fingerprint density at radius 1 is 1.15 bits per heavy atom. The number of anilines is 1. The van der Waals surface area contributed by atoms with Crippen molar-refractivity contribution in [1.82, 2.24) is 0 Å². The van der Waals surface area contributed by atoms with Gasteiger partial charge in [0.2, 0.25) is 0 Å². The van der Waals surface area contributed by atoms with Gasteiger partial charge in [0.05, 0.1) is 10.8 Å². The fraction of sp³-hybridized carbons (Fsp3) is 0.316. The molecule has 3 rings (SSSR count). The Balaban J connectivity index is 1.56. The normalized spacial score (nSPS) is 14.9. The average molecular weight is 375 g/mol. The van der Waals surface area contributed by atoms with Gasteiger partial charge in [-0.05, 0) is 25.0 Å². The fourth-order valence-corrected chi connectivity index (χ4v) is 3.31. The molecule has 0 unspecified atom stereocenters. The number of carbonyl (C=O) groups is 1. The molecule has 7 heteroatoms. The van der Waals surface area contributed by atoms with Crippen LogP contribution in [0, 0.1) is 16.0 Å². The number of hydrogen-bond acceptors (Lipinski definition) is 5. The lowest BCUT2D eigenvalue weighted by Crippen LogP contribution is -2.37. The molecule has 1 heterocycles. The van der Waals surface area contributed by atoms with Crippen molar-refractivity contribution in [2.45, 2.75) is 19.4 Å². The van der Waals surface area contributed by atoms with Crippen LogP contribution in [-0.4, -0.2) is 24.0 Å². The minimum Gasteiger partial charge on any atom is -0.461 e. The third-order valence-corrected chi connectivity index (χ3v) is 4.94. The third-order valence-electron chi connectivity index (χ3n) is 4.58. The molecule has 1 saturated heterocycles. The topological polar surface area (TPSA) is 72.7 Å². The number of piperidine rings is 1. The number of hydrogen-bond donors (Lipinski definition) is 0. The van der Waals surface area contributed by atoms with E-state index >= 15 is 0 Å². The van der Waals surface area contributed by atoms with Crippen LogP contribution in [0.5, 0.6) is 0 Å². The van der Waals surface area contributed by atoms with Crippen LogP contribution in [0.4, 0.5) is 11.4 Å². The van der Waals surface area contributed by atoms with E-state index in [0.717, 1.165) is 5.56 Å². The van der Waals surface area contributed by atoms with Gasteiger partial charge < -0.3 is 9.64 Å². The van der Waals surface area contributed by atoms with E-state index < -0.39 is 0 Å². The number of benzene rings is 2. The fourth-order valence-electron chi connectivity index (χ4n) is 3.12. The van der Waals surface area contributed by atoms with Gasteiger partial charge in [0.25, 0.3) is 5.69 Å². The van der Waals surface area contributed by atoms with Gasteiger partial charge in [-0.1, -0.05) is 41.9 Å². The molecule has 0 atom stereocenters.